The van der Waals surface area contributed by atoms with Gasteiger partial charge in [-0.1, -0.05) is 12.1 Å². The van der Waals surface area contributed by atoms with Crippen LogP contribution in [0.25, 0.3) is 16.9 Å². The van der Waals surface area contributed by atoms with Gasteiger partial charge in [0.1, 0.15) is 12.1 Å². The summed E-state index contributed by atoms with van der Waals surface area (Å²) in [5, 5.41) is 3.40. The van der Waals surface area contributed by atoms with Gasteiger partial charge in [-0.05, 0) is 35.9 Å². The number of morpholine rings is 1. The molecule has 1 fully saturated rings. The van der Waals surface area contributed by atoms with Crippen LogP contribution in [0.1, 0.15) is 5.56 Å². The molecule has 0 spiro atoms. The molecule has 6 rings (SSSR count). The van der Waals surface area contributed by atoms with E-state index in [9.17, 15) is 4.39 Å². The van der Waals surface area contributed by atoms with E-state index < -0.39 is 0 Å². The molecule has 2 aromatic heterocycles. The molecule has 0 unspecified atom stereocenters. The fourth-order valence-electron chi connectivity index (χ4n) is 3.97. The van der Waals surface area contributed by atoms with Gasteiger partial charge in [-0.25, -0.2) is 9.37 Å². The molecule has 2 aliphatic heterocycles. The molecule has 0 aliphatic carbocycles. The third-order valence-electron chi connectivity index (χ3n) is 5.66. The molecule has 10 heteroatoms. The number of benzene rings is 2. The van der Waals surface area contributed by atoms with Crippen molar-refractivity contribution in [2.75, 3.05) is 43.3 Å². The first kappa shape index (κ1) is 19.7. The summed E-state index contributed by atoms with van der Waals surface area (Å²) in [6.07, 6.45) is 1.64. The number of hydrogen-bond acceptors (Lipinski definition) is 8. The number of anilines is 2. The Labute approximate surface area is 188 Å². The van der Waals surface area contributed by atoms with Gasteiger partial charge in [0.05, 0.1) is 18.9 Å². The van der Waals surface area contributed by atoms with Crippen LogP contribution in [-0.2, 0) is 11.3 Å². The zero-order valence-corrected chi connectivity index (χ0v) is 17.7. The highest BCUT2D eigenvalue weighted by molar-refractivity contribution is 5.85. The van der Waals surface area contributed by atoms with Gasteiger partial charge < -0.3 is 24.4 Å². The van der Waals surface area contributed by atoms with Crippen molar-refractivity contribution in [2.24, 2.45) is 0 Å². The maximum atomic E-state index is 13.9. The number of nitrogens with zero attached hydrogens (tertiary/aromatic N) is 5. The molecular weight excluding hydrogens is 427 g/mol. The maximum Gasteiger partial charge on any atom is 0.231 e. The van der Waals surface area contributed by atoms with E-state index in [0.717, 1.165) is 17.1 Å². The Balaban J connectivity index is 1.39. The second-order valence-electron chi connectivity index (χ2n) is 7.78. The first-order chi connectivity index (χ1) is 16.2. The first-order valence-corrected chi connectivity index (χ1v) is 10.7. The van der Waals surface area contributed by atoms with Gasteiger partial charge in [-0.2, -0.15) is 9.97 Å². The quantitative estimate of drug-likeness (QED) is 0.498. The van der Waals surface area contributed by atoms with Crippen LogP contribution < -0.4 is 19.7 Å². The monoisotopic (exact) mass is 448 g/mol. The summed E-state index contributed by atoms with van der Waals surface area (Å²) in [6, 6.07) is 12.2. The van der Waals surface area contributed by atoms with Crippen molar-refractivity contribution >= 4 is 22.9 Å². The molecule has 9 nitrogen and oxygen atoms in total. The lowest BCUT2D eigenvalue weighted by Gasteiger charge is -2.27. The van der Waals surface area contributed by atoms with Gasteiger partial charge >= 0.3 is 0 Å². The number of imidazole rings is 1. The lowest BCUT2D eigenvalue weighted by Crippen LogP contribution is -2.37. The lowest BCUT2D eigenvalue weighted by molar-refractivity contribution is 0.122. The van der Waals surface area contributed by atoms with E-state index in [1.54, 1.807) is 17.0 Å². The van der Waals surface area contributed by atoms with Crippen molar-refractivity contribution < 1.29 is 18.6 Å². The van der Waals surface area contributed by atoms with E-state index in [0.29, 0.717) is 61.5 Å². The average molecular weight is 448 g/mol. The number of ether oxygens (including phenoxy) is 3. The van der Waals surface area contributed by atoms with Gasteiger partial charge in [-0.3, -0.25) is 4.57 Å². The molecule has 2 aromatic carbocycles. The lowest BCUT2D eigenvalue weighted by atomic mass is 10.2. The summed E-state index contributed by atoms with van der Waals surface area (Å²) >= 11 is 0. The van der Waals surface area contributed by atoms with E-state index in [1.807, 2.05) is 24.3 Å². The molecule has 0 amide bonds. The Kier molecular flexibility index (Phi) is 4.91. The minimum atomic E-state index is -0.321. The third-order valence-corrected chi connectivity index (χ3v) is 5.66. The van der Waals surface area contributed by atoms with Crippen molar-refractivity contribution in [3.8, 4) is 17.2 Å². The Morgan fingerprint density at radius 2 is 1.88 bits per heavy atom. The highest BCUT2D eigenvalue weighted by Crippen LogP contribution is 2.33. The van der Waals surface area contributed by atoms with E-state index in [4.69, 9.17) is 24.2 Å². The third kappa shape index (κ3) is 3.78. The van der Waals surface area contributed by atoms with Crippen LogP contribution in [0.5, 0.6) is 11.5 Å². The topological polar surface area (TPSA) is 86.6 Å². The zero-order valence-electron chi connectivity index (χ0n) is 17.7. The largest absolute Gasteiger partial charge is 0.454 e. The van der Waals surface area contributed by atoms with E-state index in [1.165, 1.54) is 12.1 Å². The Hall–Kier alpha value is -3.92. The highest BCUT2D eigenvalue weighted by Gasteiger charge is 2.20. The minimum Gasteiger partial charge on any atom is -0.454 e. The number of hydrogen-bond donors (Lipinski definition) is 1. The standard InChI is InChI=1S/C23H21FN6O3/c24-16-2-1-3-17(11-16)30-13-26-20-21(25-12-15-4-5-18-19(10-15)33-14-32-18)27-23(28-22(20)30)29-6-8-31-9-7-29/h1-5,10-11,13H,6-9,12,14H2,(H,25,27,28). The maximum absolute atomic E-state index is 13.9. The molecule has 4 aromatic rings. The number of halogens is 1. The Morgan fingerprint density at radius 3 is 2.76 bits per heavy atom. The van der Waals surface area contributed by atoms with E-state index in [2.05, 4.69) is 15.2 Å². The Morgan fingerprint density at radius 1 is 1.00 bits per heavy atom. The van der Waals surface area contributed by atoms with Gasteiger partial charge in [0.2, 0.25) is 12.7 Å². The molecule has 0 bridgehead atoms. The predicted molar refractivity (Wildman–Crippen MR) is 120 cm³/mol. The van der Waals surface area contributed by atoms with Crippen molar-refractivity contribution in [3.63, 3.8) is 0 Å². The van der Waals surface area contributed by atoms with Crippen molar-refractivity contribution in [2.45, 2.75) is 6.54 Å². The normalized spacial score (nSPS) is 15.2. The average Bonchev–Trinajstić information content (AvgIpc) is 3.50. The van der Waals surface area contributed by atoms with Crippen LogP contribution in [0, 0.1) is 5.82 Å². The molecule has 33 heavy (non-hydrogen) atoms. The number of rotatable bonds is 5. The summed E-state index contributed by atoms with van der Waals surface area (Å²) < 4.78 is 32.0. The molecular formula is C23H21FN6O3. The summed E-state index contributed by atoms with van der Waals surface area (Å²) in [7, 11) is 0. The van der Waals surface area contributed by atoms with Gasteiger partial charge in [0, 0.05) is 19.6 Å². The van der Waals surface area contributed by atoms with Crippen LogP contribution in [0.15, 0.2) is 48.8 Å². The van der Waals surface area contributed by atoms with Crippen LogP contribution in [0.3, 0.4) is 0 Å². The van der Waals surface area contributed by atoms with Crippen LogP contribution in [0.4, 0.5) is 16.2 Å². The first-order valence-electron chi connectivity index (χ1n) is 10.7. The molecule has 0 saturated carbocycles. The zero-order chi connectivity index (χ0) is 22.2. The second kappa shape index (κ2) is 8.21. The summed E-state index contributed by atoms with van der Waals surface area (Å²) in [6.45, 7) is 3.37. The Bertz CT molecular complexity index is 1320. The van der Waals surface area contributed by atoms with Gasteiger partial charge in [0.15, 0.2) is 28.5 Å². The molecule has 168 valence electrons. The number of aromatic nitrogens is 4. The van der Waals surface area contributed by atoms with Gasteiger partial charge in [0.25, 0.3) is 0 Å². The second-order valence-corrected chi connectivity index (χ2v) is 7.78. The molecule has 0 atom stereocenters. The molecule has 4 heterocycles. The summed E-state index contributed by atoms with van der Waals surface area (Å²) in [5.41, 5.74) is 2.87. The van der Waals surface area contributed by atoms with E-state index >= 15 is 0 Å². The van der Waals surface area contributed by atoms with Crippen molar-refractivity contribution in [1.82, 2.24) is 19.5 Å². The van der Waals surface area contributed by atoms with Crippen molar-refractivity contribution in [1.29, 1.82) is 0 Å². The fourth-order valence-corrected chi connectivity index (χ4v) is 3.97. The molecule has 2 aliphatic rings. The molecule has 1 saturated heterocycles. The van der Waals surface area contributed by atoms with Crippen LogP contribution in [0.2, 0.25) is 0 Å². The van der Waals surface area contributed by atoms with Gasteiger partial charge in [-0.15, -0.1) is 0 Å². The SMILES string of the molecule is Fc1cccc(-n2cnc3c(NCc4ccc5c(c4)OCO5)nc(N4CCOCC4)nc32)c1. The smallest absolute Gasteiger partial charge is 0.231 e. The van der Waals surface area contributed by atoms with Crippen LogP contribution >= 0.6 is 0 Å². The summed E-state index contributed by atoms with van der Waals surface area (Å²) in [5.74, 6) is 2.34. The number of fused-ring (bicyclic) bond motifs is 2. The van der Waals surface area contributed by atoms with Crippen molar-refractivity contribution in [3.05, 3.63) is 60.2 Å². The van der Waals surface area contributed by atoms with E-state index in [-0.39, 0.29) is 12.6 Å². The minimum absolute atomic E-state index is 0.235. The predicted octanol–water partition coefficient (Wildman–Crippen LogP) is 3.13. The number of nitrogens with one attached hydrogen (secondary N) is 1. The molecule has 0 radical (unpaired) electrons. The summed E-state index contributed by atoms with van der Waals surface area (Å²) in [4.78, 5) is 16.2. The highest BCUT2D eigenvalue weighted by atomic mass is 19.1. The van der Waals surface area contributed by atoms with Crippen LogP contribution in [-0.4, -0.2) is 52.6 Å². The fraction of sp³-hybridized carbons (Fsp3) is 0.261. The molecule has 1 N–H and O–H groups in total.